The molecular weight excluding hydrogens is 530 g/mol. The minimum atomic E-state index is -4.13. The van der Waals surface area contributed by atoms with E-state index in [9.17, 15) is 26.7 Å². The van der Waals surface area contributed by atoms with Crippen LogP contribution >= 0.6 is 0 Å². The van der Waals surface area contributed by atoms with Gasteiger partial charge in [0.05, 0.1) is 23.1 Å². The van der Waals surface area contributed by atoms with Gasteiger partial charge in [-0.05, 0) is 54.8 Å². The van der Waals surface area contributed by atoms with Crippen LogP contribution in [0.2, 0.25) is 0 Å². The molecule has 0 spiro atoms. The number of nitrogens with one attached hydrogen (secondary N) is 2. The standard InChI is InChI=1S/C26H27N3O7S2/c1-3-36-26(31)17-28-22-15-20(21-6-4-5-7-24(21)37(2,32)33)10-9-19(22)12-13-29-38(34,35)25-14-18(16-27)8-11-23(25)30/h4-11,14-15,28-30H,3,12-13,17H2,1-2H3. The van der Waals surface area contributed by atoms with Gasteiger partial charge >= 0.3 is 5.97 Å². The van der Waals surface area contributed by atoms with Crippen LogP contribution in [0.5, 0.6) is 5.75 Å². The quantitative estimate of drug-likeness (QED) is 0.301. The molecule has 200 valence electrons. The van der Waals surface area contributed by atoms with Crippen LogP contribution in [-0.2, 0) is 35.8 Å². The van der Waals surface area contributed by atoms with Crippen LogP contribution in [0.3, 0.4) is 0 Å². The molecule has 3 aromatic rings. The fourth-order valence-electron chi connectivity index (χ4n) is 3.73. The number of ether oxygens (including phenoxy) is 1. The molecule has 0 saturated heterocycles. The molecule has 0 fully saturated rings. The summed E-state index contributed by atoms with van der Waals surface area (Å²) in [6.07, 6.45) is 1.31. The molecule has 0 saturated carbocycles. The lowest BCUT2D eigenvalue weighted by atomic mass is 10.0. The Labute approximate surface area is 221 Å². The Morgan fingerprint density at radius 2 is 1.76 bits per heavy atom. The third kappa shape index (κ3) is 7.10. The second-order valence-electron chi connectivity index (χ2n) is 8.24. The van der Waals surface area contributed by atoms with Crippen molar-refractivity contribution in [3.8, 4) is 22.9 Å². The number of sulfone groups is 1. The second-order valence-corrected chi connectivity index (χ2v) is 12.0. The van der Waals surface area contributed by atoms with E-state index in [0.29, 0.717) is 22.4 Å². The average Bonchev–Trinajstić information content (AvgIpc) is 2.87. The lowest BCUT2D eigenvalue weighted by molar-refractivity contribution is -0.140. The van der Waals surface area contributed by atoms with Crippen LogP contribution < -0.4 is 10.0 Å². The average molecular weight is 558 g/mol. The number of benzene rings is 3. The number of phenols is 1. The molecule has 3 N–H and O–H groups in total. The van der Waals surface area contributed by atoms with E-state index in [0.717, 1.165) is 18.4 Å². The molecular formula is C26H27N3O7S2. The first kappa shape index (κ1) is 28.6. The van der Waals surface area contributed by atoms with E-state index in [1.165, 1.54) is 12.1 Å². The molecule has 0 aliphatic rings. The van der Waals surface area contributed by atoms with Crippen LogP contribution in [0.1, 0.15) is 18.1 Å². The van der Waals surface area contributed by atoms with Crippen molar-refractivity contribution in [1.29, 1.82) is 5.26 Å². The Hall–Kier alpha value is -3.92. The number of esters is 1. The number of aromatic hydroxyl groups is 1. The number of nitriles is 1. The SMILES string of the molecule is CCOC(=O)CNc1cc(-c2ccccc2S(C)(=O)=O)ccc1CCNS(=O)(=O)c1cc(C#N)ccc1O. The largest absolute Gasteiger partial charge is 0.507 e. The molecule has 0 radical (unpaired) electrons. The molecule has 0 aliphatic heterocycles. The summed E-state index contributed by atoms with van der Waals surface area (Å²) in [5.41, 5.74) is 2.28. The normalized spacial score (nSPS) is 11.5. The topological polar surface area (TPSA) is 163 Å². The van der Waals surface area contributed by atoms with Gasteiger partial charge in [-0.3, -0.25) is 4.79 Å². The number of carbonyl (C=O) groups is 1. The molecule has 12 heteroatoms. The summed E-state index contributed by atoms with van der Waals surface area (Å²) in [7, 11) is -7.64. The Bertz CT molecular complexity index is 1600. The van der Waals surface area contributed by atoms with Crippen molar-refractivity contribution in [2.45, 2.75) is 23.1 Å². The van der Waals surface area contributed by atoms with Gasteiger partial charge in [0.1, 0.15) is 17.2 Å². The highest BCUT2D eigenvalue weighted by molar-refractivity contribution is 7.91. The Balaban J connectivity index is 1.89. The molecule has 0 unspecified atom stereocenters. The molecule has 3 rings (SSSR count). The zero-order valence-corrected chi connectivity index (χ0v) is 22.4. The minimum absolute atomic E-state index is 0.0636. The summed E-state index contributed by atoms with van der Waals surface area (Å²) in [4.78, 5) is 11.7. The summed E-state index contributed by atoms with van der Waals surface area (Å²) >= 11 is 0. The number of rotatable bonds is 11. The summed E-state index contributed by atoms with van der Waals surface area (Å²) in [5.74, 6) is -0.976. The van der Waals surface area contributed by atoms with Crippen LogP contribution in [0, 0.1) is 11.3 Å². The number of anilines is 1. The van der Waals surface area contributed by atoms with Gasteiger partial charge < -0.3 is 15.2 Å². The molecule has 0 aromatic heterocycles. The predicted octanol–water partition coefficient (Wildman–Crippen LogP) is 2.83. The zero-order chi connectivity index (χ0) is 27.9. The van der Waals surface area contributed by atoms with Crippen molar-refractivity contribution in [2.75, 3.05) is 31.3 Å². The molecule has 38 heavy (non-hydrogen) atoms. The van der Waals surface area contributed by atoms with Gasteiger partial charge in [0.2, 0.25) is 10.0 Å². The van der Waals surface area contributed by atoms with E-state index < -0.39 is 36.5 Å². The number of nitrogens with zero attached hydrogens (tertiary/aromatic N) is 1. The number of hydrogen-bond acceptors (Lipinski definition) is 9. The molecule has 10 nitrogen and oxygen atoms in total. The molecule has 3 aromatic carbocycles. The Kier molecular flexibility index (Phi) is 9.11. The van der Waals surface area contributed by atoms with Crippen LogP contribution in [0.4, 0.5) is 5.69 Å². The van der Waals surface area contributed by atoms with Gasteiger partial charge in [-0.2, -0.15) is 5.26 Å². The van der Waals surface area contributed by atoms with E-state index in [1.54, 1.807) is 43.3 Å². The number of hydrogen-bond donors (Lipinski definition) is 3. The summed E-state index contributed by atoms with van der Waals surface area (Å²) in [6.45, 7) is 1.67. The fraction of sp³-hybridized carbons (Fsp3) is 0.231. The van der Waals surface area contributed by atoms with Crippen molar-refractivity contribution >= 4 is 31.5 Å². The third-order valence-corrected chi connectivity index (χ3v) is 8.15. The van der Waals surface area contributed by atoms with Crippen molar-refractivity contribution in [3.05, 3.63) is 71.8 Å². The van der Waals surface area contributed by atoms with Crippen LogP contribution in [0.15, 0.2) is 70.5 Å². The summed E-state index contributed by atoms with van der Waals surface area (Å²) in [5, 5.41) is 22.0. The van der Waals surface area contributed by atoms with Crippen LogP contribution in [-0.4, -0.2) is 53.9 Å². The van der Waals surface area contributed by atoms with Crippen LogP contribution in [0.25, 0.3) is 11.1 Å². The summed E-state index contributed by atoms with van der Waals surface area (Å²) in [6, 6.07) is 17.0. The number of carbonyl (C=O) groups excluding carboxylic acids is 1. The predicted molar refractivity (Wildman–Crippen MR) is 142 cm³/mol. The second kappa shape index (κ2) is 12.1. The van der Waals surface area contributed by atoms with E-state index in [1.807, 2.05) is 6.07 Å². The maximum atomic E-state index is 12.7. The van der Waals surface area contributed by atoms with E-state index in [2.05, 4.69) is 10.0 Å². The van der Waals surface area contributed by atoms with Gasteiger partial charge in [0.15, 0.2) is 9.84 Å². The highest BCUT2D eigenvalue weighted by atomic mass is 32.2. The highest BCUT2D eigenvalue weighted by Crippen LogP contribution is 2.31. The lowest BCUT2D eigenvalue weighted by Crippen LogP contribution is -2.26. The van der Waals surface area contributed by atoms with E-state index >= 15 is 0 Å². The van der Waals surface area contributed by atoms with Gasteiger partial charge in [0.25, 0.3) is 0 Å². The van der Waals surface area contributed by atoms with Crippen molar-refractivity contribution in [2.24, 2.45) is 0 Å². The Morgan fingerprint density at radius 3 is 2.45 bits per heavy atom. The molecule has 0 bridgehead atoms. The van der Waals surface area contributed by atoms with Gasteiger partial charge in [0, 0.05) is 24.1 Å². The highest BCUT2D eigenvalue weighted by Gasteiger charge is 2.20. The van der Waals surface area contributed by atoms with Gasteiger partial charge in [-0.15, -0.1) is 0 Å². The van der Waals surface area contributed by atoms with Gasteiger partial charge in [-0.1, -0.05) is 30.3 Å². The molecule has 0 amide bonds. The van der Waals surface area contributed by atoms with E-state index in [4.69, 9.17) is 10.00 Å². The Morgan fingerprint density at radius 1 is 1.03 bits per heavy atom. The maximum absolute atomic E-state index is 12.7. The van der Waals surface area contributed by atoms with Crippen molar-refractivity contribution in [1.82, 2.24) is 4.72 Å². The first-order valence-corrected chi connectivity index (χ1v) is 14.9. The van der Waals surface area contributed by atoms with Crippen molar-refractivity contribution in [3.63, 3.8) is 0 Å². The third-order valence-electron chi connectivity index (χ3n) is 5.50. The minimum Gasteiger partial charge on any atom is -0.507 e. The maximum Gasteiger partial charge on any atom is 0.325 e. The molecule has 0 heterocycles. The number of phenolic OH excluding ortho intramolecular Hbond substituents is 1. The van der Waals surface area contributed by atoms with Gasteiger partial charge in [-0.25, -0.2) is 21.6 Å². The van der Waals surface area contributed by atoms with E-state index in [-0.39, 0.29) is 36.6 Å². The first-order valence-electron chi connectivity index (χ1n) is 11.5. The lowest BCUT2D eigenvalue weighted by Gasteiger charge is -2.16. The smallest absolute Gasteiger partial charge is 0.325 e. The monoisotopic (exact) mass is 557 g/mol. The van der Waals surface area contributed by atoms with Crippen molar-refractivity contribution < 1.29 is 31.5 Å². The zero-order valence-electron chi connectivity index (χ0n) is 20.8. The molecule has 0 atom stereocenters. The number of sulfonamides is 1. The summed E-state index contributed by atoms with van der Waals surface area (Å²) < 4.78 is 57.5. The molecule has 0 aliphatic carbocycles. The first-order chi connectivity index (χ1) is 18.0. The fourth-order valence-corrected chi connectivity index (χ4v) is 5.79.